The van der Waals surface area contributed by atoms with Gasteiger partial charge in [-0.05, 0) is 24.3 Å². The van der Waals surface area contributed by atoms with Gasteiger partial charge in [0, 0.05) is 18.7 Å². The molecule has 30 heavy (non-hydrogen) atoms. The van der Waals surface area contributed by atoms with Gasteiger partial charge in [-0.1, -0.05) is 46.9 Å². The number of hydrogen-bond acceptors (Lipinski definition) is 3. The Morgan fingerprint density at radius 2 is 1.70 bits per heavy atom. The Morgan fingerprint density at radius 1 is 1.03 bits per heavy atom. The first kappa shape index (κ1) is 22.1. The summed E-state index contributed by atoms with van der Waals surface area (Å²) in [5.41, 5.74) is -2.29. The molecule has 1 N–H and O–H groups in total. The van der Waals surface area contributed by atoms with Crippen LogP contribution in [-0.2, 0) is 13.2 Å². The summed E-state index contributed by atoms with van der Waals surface area (Å²) >= 11 is 18.3. The summed E-state index contributed by atoms with van der Waals surface area (Å²) in [6.45, 7) is 0. The number of hydrogen-bond donors (Lipinski definition) is 1. The number of nitrogens with one attached hydrogen (secondary N) is 1. The van der Waals surface area contributed by atoms with E-state index < -0.39 is 23.2 Å². The summed E-state index contributed by atoms with van der Waals surface area (Å²) in [5.74, 6) is -0.580. The molecule has 1 amide bonds. The number of amides is 1. The van der Waals surface area contributed by atoms with E-state index in [1.54, 1.807) is 12.1 Å². The number of anilines is 1. The number of nitrogens with zero attached hydrogens (tertiary/aromatic N) is 2. The Balaban J connectivity index is 2.06. The maximum absolute atomic E-state index is 13.0. The quantitative estimate of drug-likeness (QED) is 0.529. The van der Waals surface area contributed by atoms with Gasteiger partial charge < -0.3 is 5.32 Å². The highest BCUT2D eigenvalue weighted by Gasteiger charge is 2.34. The number of halogens is 6. The SMILES string of the molecule is Cn1nc(-c2cc(NC(=O)c3ccccc3Cl)c(Cl)cc2Cl)c(=O)cc1C(F)(F)F. The van der Waals surface area contributed by atoms with E-state index in [9.17, 15) is 22.8 Å². The van der Waals surface area contributed by atoms with Gasteiger partial charge in [-0.2, -0.15) is 18.3 Å². The van der Waals surface area contributed by atoms with Gasteiger partial charge in [0.2, 0.25) is 5.43 Å². The molecule has 0 unspecified atom stereocenters. The van der Waals surface area contributed by atoms with Crippen molar-refractivity contribution in [3.63, 3.8) is 0 Å². The van der Waals surface area contributed by atoms with Crippen molar-refractivity contribution in [1.82, 2.24) is 9.78 Å². The van der Waals surface area contributed by atoms with Crippen molar-refractivity contribution in [3.05, 3.63) is 79.0 Å². The lowest BCUT2D eigenvalue weighted by Crippen LogP contribution is -2.22. The average Bonchev–Trinajstić information content (AvgIpc) is 2.65. The topological polar surface area (TPSA) is 64.0 Å². The lowest BCUT2D eigenvalue weighted by Gasteiger charge is -2.14. The highest BCUT2D eigenvalue weighted by atomic mass is 35.5. The molecule has 0 aliphatic carbocycles. The van der Waals surface area contributed by atoms with Gasteiger partial charge in [-0.15, -0.1) is 0 Å². The van der Waals surface area contributed by atoms with Crippen molar-refractivity contribution in [3.8, 4) is 11.3 Å². The Kier molecular flexibility index (Phi) is 6.12. The minimum Gasteiger partial charge on any atom is -0.321 e. The van der Waals surface area contributed by atoms with Crippen LogP contribution < -0.4 is 10.7 Å². The average molecular weight is 477 g/mol. The van der Waals surface area contributed by atoms with Crippen molar-refractivity contribution in [1.29, 1.82) is 0 Å². The molecule has 0 saturated heterocycles. The standard InChI is InChI=1S/C19H11Cl3F3N3O2/c1-28-16(19(23,24)25)8-15(29)17(27-28)10-6-14(13(22)7-12(10)21)26-18(30)9-4-2-3-5-11(9)20/h2-8H,1H3,(H,26,30). The molecule has 1 aromatic heterocycles. The second kappa shape index (κ2) is 8.29. The van der Waals surface area contributed by atoms with Gasteiger partial charge in [-0.3, -0.25) is 14.3 Å². The third-order valence-corrected chi connectivity index (χ3v) is 5.02. The molecule has 5 nitrogen and oxygen atoms in total. The summed E-state index contributed by atoms with van der Waals surface area (Å²) in [7, 11) is 1.05. The van der Waals surface area contributed by atoms with E-state index >= 15 is 0 Å². The molecule has 1 heterocycles. The predicted molar refractivity (Wildman–Crippen MR) is 109 cm³/mol. The van der Waals surface area contributed by atoms with Gasteiger partial charge in [-0.25, -0.2) is 0 Å². The highest BCUT2D eigenvalue weighted by molar-refractivity contribution is 6.39. The summed E-state index contributed by atoms with van der Waals surface area (Å²) in [5, 5.41) is 6.49. The Morgan fingerprint density at radius 3 is 2.33 bits per heavy atom. The molecule has 0 atom stereocenters. The normalized spacial score (nSPS) is 11.4. The number of aryl methyl sites for hydroxylation is 1. The lowest BCUT2D eigenvalue weighted by molar-refractivity contribution is -0.144. The molecular weight excluding hydrogens is 466 g/mol. The zero-order chi connectivity index (χ0) is 22.2. The van der Waals surface area contributed by atoms with E-state index in [1.165, 1.54) is 24.3 Å². The summed E-state index contributed by atoms with van der Waals surface area (Å²) in [6, 6.07) is 9.23. The highest BCUT2D eigenvalue weighted by Crippen LogP contribution is 2.35. The zero-order valence-corrected chi connectivity index (χ0v) is 17.3. The number of carbonyl (C=O) groups excluding carboxylic acids is 1. The van der Waals surface area contributed by atoms with E-state index in [0.717, 1.165) is 7.05 Å². The van der Waals surface area contributed by atoms with Crippen LogP contribution in [0.25, 0.3) is 11.3 Å². The van der Waals surface area contributed by atoms with Gasteiger partial charge in [0.05, 0.1) is 26.3 Å². The van der Waals surface area contributed by atoms with Gasteiger partial charge >= 0.3 is 6.18 Å². The van der Waals surface area contributed by atoms with Crippen molar-refractivity contribution < 1.29 is 18.0 Å². The summed E-state index contributed by atoms with van der Waals surface area (Å²) in [6.07, 6.45) is -4.75. The van der Waals surface area contributed by atoms with Gasteiger partial charge in [0.25, 0.3) is 5.91 Å². The molecule has 0 radical (unpaired) electrons. The third-order valence-electron chi connectivity index (χ3n) is 4.07. The fourth-order valence-electron chi connectivity index (χ4n) is 2.65. The van der Waals surface area contributed by atoms with Crippen LogP contribution in [0.15, 0.2) is 47.3 Å². The molecule has 11 heteroatoms. The first-order valence-corrected chi connectivity index (χ1v) is 9.33. The van der Waals surface area contributed by atoms with E-state index in [0.29, 0.717) is 10.7 Å². The Bertz CT molecular complexity index is 1210. The second-order valence-electron chi connectivity index (χ2n) is 6.11. The van der Waals surface area contributed by atoms with E-state index in [1.807, 2.05) is 0 Å². The summed E-state index contributed by atoms with van der Waals surface area (Å²) in [4.78, 5) is 24.8. The lowest BCUT2D eigenvalue weighted by atomic mass is 10.1. The minimum absolute atomic E-state index is 0.00449. The van der Waals surface area contributed by atoms with E-state index in [-0.39, 0.29) is 37.6 Å². The molecule has 0 aliphatic heterocycles. The van der Waals surface area contributed by atoms with Gasteiger partial charge in [0.15, 0.2) is 0 Å². The van der Waals surface area contributed by atoms with Crippen LogP contribution >= 0.6 is 34.8 Å². The van der Waals surface area contributed by atoms with Crippen molar-refractivity contribution >= 4 is 46.4 Å². The van der Waals surface area contributed by atoms with E-state index in [2.05, 4.69) is 10.4 Å². The van der Waals surface area contributed by atoms with Crippen molar-refractivity contribution in [2.75, 3.05) is 5.32 Å². The third kappa shape index (κ3) is 4.45. The first-order valence-electron chi connectivity index (χ1n) is 8.20. The molecule has 3 rings (SSSR count). The first-order chi connectivity index (χ1) is 14.0. The minimum atomic E-state index is -4.75. The smallest absolute Gasteiger partial charge is 0.321 e. The molecule has 0 aliphatic rings. The molecule has 0 bridgehead atoms. The van der Waals surface area contributed by atoms with Gasteiger partial charge in [0.1, 0.15) is 11.4 Å². The zero-order valence-electron chi connectivity index (χ0n) is 15.0. The molecule has 3 aromatic rings. The second-order valence-corrected chi connectivity index (χ2v) is 7.33. The fraction of sp³-hybridized carbons (Fsp3) is 0.105. The van der Waals surface area contributed by atoms with Crippen molar-refractivity contribution in [2.24, 2.45) is 7.05 Å². The molecule has 2 aromatic carbocycles. The number of aromatic nitrogens is 2. The van der Waals surface area contributed by atoms with E-state index in [4.69, 9.17) is 34.8 Å². The van der Waals surface area contributed by atoms with Crippen LogP contribution in [0.1, 0.15) is 16.1 Å². The Hall–Kier alpha value is -2.55. The number of benzene rings is 2. The van der Waals surface area contributed by atoms with Crippen LogP contribution in [0.5, 0.6) is 0 Å². The summed E-state index contributed by atoms with van der Waals surface area (Å²) < 4.78 is 39.5. The predicted octanol–water partition coefficient (Wildman–Crippen LogP) is 5.68. The molecule has 156 valence electrons. The molecule has 0 spiro atoms. The largest absolute Gasteiger partial charge is 0.433 e. The molecule has 0 fully saturated rings. The number of rotatable bonds is 3. The number of alkyl halides is 3. The maximum Gasteiger partial charge on any atom is 0.433 e. The maximum atomic E-state index is 13.0. The van der Waals surface area contributed by atoms with Crippen LogP contribution in [0, 0.1) is 0 Å². The van der Waals surface area contributed by atoms with Crippen LogP contribution in [0.2, 0.25) is 15.1 Å². The molecular formula is C19H11Cl3F3N3O2. The van der Waals surface area contributed by atoms with Crippen LogP contribution in [0.4, 0.5) is 18.9 Å². The van der Waals surface area contributed by atoms with Crippen LogP contribution in [0.3, 0.4) is 0 Å². The number of carbonyl (C=O) groups is 1. The fourth-order valence-corrected chi connectivity index (χ4v) is 3.39. The van der Waals surface area contributed by atoms with Crippen molar-refractivity contribution in [2.45, 2.75) is 6.18 Å². The van der Waals surface area contributed by atoms with Crippen LogP contribution in [-0.4, -0.2) is 15.7 Å². The molecule has 0 saturated carbocycles. The monoisotopic (exact) mass is 475 g/mol. The Labute approximate surface area is 183 Å².